The number of nitrogens with one attached hydrogen (secondary N) is 1. The van der Waals surface area contributed by atoms with Crippen molar-refractivity contribution in [3.05, 3.63) is 0 Å². The molecule has 0 aliphatic carbocycles. The van der Waals surface area contributed by atoms with E-state index in [4.69, 9.17) is 5.73 Å². The third-order valence-corrected chi connectivity index (χ3v) is 1.82. The van der Waals surface area contributed by atoms with E-state index in [2.05, 4.69) is 5.32 Å². The predicted octanol–water partition coefficient (Wildman–Crippen LogP) is 0.209. The van der Waals surface area contributed by atoms with Crippen LogP contribution in [0.25, 0.3) is 0 Å². The van der Waals surface area contributed by atoms with Crippen LogP contribution in [0.1, 0.15) is 33.1 Å². The quantitative estimate of drug-likeness (QED) is 0.460. The van der Waals surface area contributed by atoms with Crippen molar-refractivity contribution in [1.82, 2.24) is 5.32 Å². The van der Waals surface area contributed by atoms with Crippen LogP contribution in [-0.2, 0) is 9.59 Å². The number of carbonyl (C=O) groups is 2. The van der Waals surface area contributed by atoms with Gasteiger partial charge in [0.2, 0.25) is 5.78 Å². The van der Waals surface area contributed by atoms with Gasteiger partial charge in [0.05, 0.1) is 6.04 Å². The normalized spacial score (nSPS) is 12.2. The molecule has 0 fully saturated rings. The summed E-state index contributed by atoms with van der Waals surface area (Å²) in [5, 5.41) is 2.53. The summed E-state index contributed by atoms with van der Waals surface area (Å²) in [5.74, 6) is -1.07. The Balaban J connectivity index is 3.76. The first-order valence-electron chi connectivity index (χ1n) is 4.71. The topological polar surface area (TPSA) is 72.2 Å². The van der Waals surface area contributed by atoms with Crippen molar-refractivity contribution in [2.75, 3.05) is 6.54 Å². The fourth-order valence-electron chi connectivity index (χ4n) is 0.820. The van der Waals surface area contributed by atoms with Gasteiger partial charge in [0, 0.05) is 6.54 Å². The van der Waals surface area contributed by atoms with E-state index in [1.807, 2.05) is 6.92 Å². The zero-order valence-corrected chi connectivity index (χ0v) is 8.30. The molecule has 3 N–H and O–H groups in total. The van der Waals surface area contributed by atoms with Crippen LogP contribution < -0.4 is 11.1 Å². The molecule has 76 valence electrons. The van der Waals surface area contributed by atoms with E-state index in [9.17, 15) is 9.59 Å². The first-order chi connectivity index (χ1) is 6.13. The monoisotopic (exact) mass is 186 g/mol. The van der Waals surface area contributed by atoms with Crippen LogP contribution in [0.2, 0.25) is 0 Å². The highest BCUT2D eigenvalue weighted by Gasteiger charge is 2.19. The summed E-state index contributed by atoms with van der Waals surface area (Å²) in [6.07, 6.45) is 2.38. The van der Waals surface area contributed by atoms with Gasteiger partial charge in [-0.25, -0.2) is 0 Å². The van der Waals surface area contributed by atoms with Crippen LogP contribution in [0.5, 0.6) is 0 Å². The molecule has 0 saturated heterocycles. The van der Waals surface area contributed by atoms with Gasteiger partial charge < -0.3 is 11.1 Å². The minimum Gasteiger partial charge on any atom is -0.349 e. The van der Waals surface area contributed by atoms with Crippen molar-refractivity contribution in [1.29, 1.82) is 0 Å². The molecule has 13 heavy (non-hydrogen) atoms. The van der Waals surface area contributed by atoms with E-state index < -0.39 is 17.7 Å². The van der Waals surface area contributed by atoms with Crippen LogP contribution >= 0.6 is 0 Å². The molecule has 0 aromatic rings. The van der Waals surface area contributed by atoms with Gasteiger partial charge in [-0.1, -0.05) is 20.3 Å². The number of amides is 1. The van der Waals surface area contributed by atoms with Gasteiger partial charge in [0.15, 0.2) is 0 Å². The Hall–Kier alpha value is -0.900. The van der Waals surface area contributed by atoms with Gasteiger partial charge in [-0.3, -0.25) is 9.59 Å². The first-order valence-corrected chi connectivity index (χ1v) is 4.71. The summed E-state index contributed by atoms with van der Waals surface area (Å²) in [5.41, 5.74) is 5.41. The molecule has 0 bridgehead atoms. The molecular weight excluding hydrogens is 168 g/mol. The molecule has 1 atom stereocenters. The molecule has 0 aromatic carbocycles. The minimum absolute atomic E-state index is 0.500. The van der Waals surface area contributed by atoms with Crippen LogP contribution in [0, 0.1) is 0 Å². The van der Waals surface area contributed by atoms with E-state index in [0.717, 1.165) is 12.8 Å². The lowest BCUT2D eigenvalue weighted by atomic mass is 10.1. The second kappa shape index (κ2) is 6.60. The van der Waals surface area contributed by atoms with Gasteiger partial charge in [-0.15, -0.1) is 0 Å². The Morgan fingerprint density at radius 2 is 2.00 bits per heavy atom. The lowest BCUT2D eigenvalue weighted by Gasteiger charge is -2.07. The van der Waals surface area contributed by atoms with Crippen molar-refractivity contribution in [3.63, 3.8) is 0 Å². The molecular formula is C9H18N2O2. The molecule has 0 radical (unpaired) electrons. The smallest absolute Gasteiger partial charge is 0.289 e. The summed E-state index contributed by atoms with van der Waals surface area (Å²) in [6, 6.07) is -0.651. The van der Waals surface area contributed by atoms with Gasteiger partial charge >= 0.3 is 0 Å². The summed E-state index contributed by atoms with van der Waals surface area (Å²) in [7, 11) is 0. The summed E-state index contributed by atoms with van der Waals surface area (Å²) >= 11 is 0. The van der Waals surface area contributed by atoms with E-state index in [1.165, 1.54) is 0 Å². The summed E-state index contributed by atoms with van der Waals surface area (Å²) < 4.78 is 0. The molecule has 0 aliphatic rings. The third-order valence-electron chi connectivity index (χ3n) is 1.82. The molecule has 4 nitrogen and oxygen atoms in total. The second-order valence-corrected chi connectivity index (χ2v) is 2.99. The van der Waals surface area contributed by atoms with Crippen LogP contribution in [0.3, 0.4) is 0 Å². The van der Waals surface area contributed by atoms with E-state index in [0.29, 0.717) is 13.0 Å². The van der Waals surface area contributed by atoms with Crippen molar-refractivity contribution in [2.24, 2.45) is 5.73 Å². The highest BCUT2D eigenvalue weighted by atomic mass is 16.2. The maximum Gasteiger partial charge on any atom is 0.289 e. The molecule has 0 saturated carbocycles. The minimum atomic E-state index is -0.651. The van der Waals surface area contributed by atoms with Gasteiger partial charge in [-0.05, 0) is 12.8 Å². The maximum atomic E-state index is 11.1. The van der Waals surface area contributed by atoms with Crippen molar-refractivity contribution < 1.29 is 9.59 Å². The molecule has 0 rings (SSSR count). The molecule has 0 aromatic heterocycles. The number of hydrogen-bond donors (Lipinski definition) is 2. The Morgan fingerprint density at radius 1 is 1.38 bits per heavy atom. The van der Waals surface area contributed by atoms with Gasteiger partial charge in [0.1, 0.15) is 0 Å². The third kappa shape index (κ3) is 4.62. The molecule has 0 heterocycles. The average Bonchev–Trinajstić information content (AvgIpc) is 2.15. The fourth-order valence-corrected chi connectivity index (χ4v) is 0.820. The molecule has 1 amide bonds. The number of carbonyl (C=O) groups excluding carboxylic acids is 2. The second-order valence-electron chi connectivity index (χ2n) is 2.99. The summed E-state index contributed by atoms with van der Waals surface area (Å²) in [6.45, 7) is 4.35. The Bertz CT molecular complexity index is 180. The van der Waals surface area contributed by atoms with Crippen molar-refractivity contribution >= 4 is 11.7 Å². The maximum absolute atomic E-state index is 11.1. The molecule has 0 aliphatic heterocycles. The predicted molar refractivity (Wildman–Crippen MR) is 51.2 cm³/mol. The number of Topliss-reactive ketones (excluding diaryl/α,β-unsaturated/α-hetero) is 1. The lowest BCUT2D eigenvalue weighted by Crippen LogP contribution is -2.42. The molecule has 0 unspecified atom stereocenters. The number of nitrogens with two attached hydrogens (primary N) is 1. The molecule has 0 spiro atoms. The Kier molecular flexibility index (Phi) is 6.14. The fraction of sp³-hybridized carbons (Fsp3) is 0.778. The standard InChI is InChI=1S/C9H18N2O2/c1-3-5-6-11-9(13)8(12)7(10)4-2/h7H,3-6,10H2,1-2H3,(H,11,13)/t7-/m0/s1. The number of ketones is 1. The zero-order valence-electron chi connectivity index (χ0n) is 8.30. The SMILES string of the molecule is CCCCNC(=O)C(=O)[C@@H](N)CC. The zero-order chi connectivity index (χ0) is 10.3. The Labute approximate surface area is 78.9 Å². The lowest BCUT2D eigenvalue weighted by molar-refractivity contribution is -0.138. The van der Waals surface area contributed by atoms with Crippen molar-refractivity contribution in [2.45, 2.75) is 39.2 Å². The van der Waals surface area contributed by atoms with E-state index in [1.54, 1.807) is 6.92 Å². The van der Waals surface area contributed by atoms with Gasteiger partial charge in [0.25, 0.3) is 5.91 Å². The van der Waals surface area contributed by atoms with Crippen molar-refractivity contribution in [3.8, 4) is 0 Å². The molecule has 4 heteroatoms. The van der Waals surface area contributed by atoms with E-state index in [-0.39, 0.29) is 0 Å². The van der Waals surface area contributed by atoms with E-state index >= 15 is 0 Å². The van der Waals surface area contributed by atoms with Crippen LogP contribution in [0.15, 0.2) is 0 Å². The average molecular weight is 186 g/mol. The number of hydrogen-bond acceptors (Lipinski definition) is 3. The highest BCUT2D eigenvalue weighted by molar-refractivity contribution is 6.38. The largest absolute Gasteiger partial charge is 0.349 e. The first kappa shape index (κ1) is 12.1. The number of rotatable bonds is 6. The highest BCUT2D eigenvalue weighted by Crippen LogP contribution is 1.89. The Morgan fingerprint density at radius 3 is 2.46 bits per heavy atom. The van der Waals surface area contributed by atoms with Crippen LogP contribution in [-0.4, -0.2) is 24.3 Å². The number of unbranched alkanes of at least 4 members (excludes halogenated alkanes) is 1. The van der Waals surface area contributed by atoms with Gasteiger partial charge in [-0.2, -0.15) is 0 Å². The van der Waals surface area contributed by atoms with Crippen LogP contribution in [0.4, 0.5) is 0 Å². The summed E-state index contributed by atoms with van der Waals surface area (Å²) in [4.78, 5) is 22.2.